The summed E-state index contributed by atoms with van der Waals surface area (Å²) in [6.07, 6.45) is 4.86. The van der Waals surface area contributed by atoms with Crippen LogP contribution < -0.4 is 0 Å². The second-order valence-corrected chi connectivity index (χ2v) is 5.57. The zero-order valence-electron chi connectivity index (χ0n) is 10.4. The van der Waals surface area contributed by atoms with Crippen LogP contribution in [-0.4, -0.2) is 11.4 Å². The monoisotopic (exact) mass is 459 g/mol. The van der Waals surface area contributed by atoms with Crippen molar-refractivity contribution in [3.63, 3.8) is 0 Å². The van der Waals surface area contributed by atoms with Gasteiger partial charge in [0.1, 0.15) is 0 Å². The van der Waals surface area contributed by atoms with Crippen molar-refractivity contribution in [3.05, 3.63) is 63.0 Å². The van der Waals surface area contributed by atoms with E-state index < -0.39 is 0 Å². The minimum atomic E-state index is -0.274. The Hall–Kier alpha value is 0.234. The van der Waals surface area contributed by atoms with Gasteiger partial charge in [0.2, 0.25) is 0 Å². The van der Waals surface area contributed by atoms with Crippen molar-refractivity contribution in [2.75, 3.05) is 6.54 Å². The molecule has 0 spiro atoms. The molecule has 0 saturated heterocycles. The van der Waals surface area contributed by atoms with Gasteiger partial charge >= 0.3 is 0 Å². The number of hydrogen-bond acceptors (Lipinski definition) is 1. The van der Waals surface area contributed by atoms with Gasteiger partial charge in [-0.15, -0.1) is 22.0 Å². The average molecular weight is 461 g/mol. The van der Waals surface area contributed by atoms with Gasteiger partial charge in [-0.25, -0.2) is 4.39 Å². The molecule has 2 rings (SSSR count). The van der Waals surface area contributed by atoms with Crippen molar-refractivity contribution in [1.29, 1.82) is 0 Å². The van der Waals surface area contributed by atoms with Crippen LogP contribution in [0, 0.1) is 11.9 Å². The van der Waals surface area contributed by atoms with Crippen LogP contribution in [0.3, 0.4) is 0 Å². The third-order valence-corrected chi connectivity index (χ3v) is 3.89. The first-order valence-corrected chi connectivity index (χ1v) is 7.04. The molecule has 97 valence electrons. The number of halogens is 3. The molecule has 0 fully saturated rings. The molecule has 0 aromatic heterocycles. The first-order valence-electron chi connectivity index (χ1n) is 5.46. The van der Waals surface area contributed by atoms with E-state index in [2.05, 4.69) is 44.5 Å². The van der Waals surface area contributed by atoms with Crippen LogP contribution >= 0.6 is 31.9 Å². The summed E-state index contributed by atoms with van der Waals surface area (Å²) in [5.41, 5.74) is 2.04. The molecule has 1 radical (unpaired) electrons. The molecule has 0 bridgehead atoms. The van der Waals surface area contributed by atoms with Gasteiger partial charge in [-0.3, -0.25) is 0 Å². The third-order valence-electron chi connectivity index (χ3n) is 2.71. The second kappa shape index (κ2) is 7.30. The molecule has 1 aromatic rings. The summed E-state index contributed by atoms with van der Waals surface area (Å²) in [7, 11) is 0. The van der Waals surface area contributed by atoms with Gasteiger partial charge < -0.3 is 4.90 Å². The number of hydrogen-bond donors (Lipinski definition) is 0. The Bertz CT molecular complexity index is 567. The van der Waals surface area contributed by atoms with Gasteiger partial charge in [0.15, 0.2) is 0 Å². The van der Waals surface area contributed by atoms with E-state index in [1.807, 2.05) is 17.9 Å². The van der Waals surface area contributed by atoms with Crippen LogP contribution in [0.2, 0.25) is 0 Å². The Kier molecular flexibility index (Phi) is 6.64. The fraction of sp³-hybridized carbons (Fsp3) is 0.143. The van der Waals surface area contributed by atoms with Crippen molar-refractivity contribution >= 4 is 37.6 Å². The standard InChI is InChI=1S/C14H11Br2FN.Y/c1-3-18-9(2)12(16)6-7-14(18)11-5-4-10(15)8-13(11)17;/h4-6,8H,2-3H2,1H3;/q-1;. The molecule has 19 heavy (non-hydrogen) atoms. The average Bonchev–Trinajstić information content (AvgIpc) is 2.33. The molecule has 1 nitrogen and oxygen atoms in total. The Morgan fingerprint density at radius 1 is 1.37 bits per heavy atom. The molecule has 0 aliphatic carbocycles. The number of nitrogens with zero attached hydrogens (tertiary/aromatic N) is 1. The van der Waals surface area contributed by atoms with Crippen LogP contribution in [0.1, 0.15) is 12.5 Å². The van der Waals surface area contributed by atoms with E-state index in [9.17, 15) is 4.39 Å². The fourth-order valence-corrected chi connectivity index (χ4v) is 2.47. The summed E-state index contributed by atoms with van der Waals surface area (Å²) >= 11 is 6.66. The van der Waals surface area contributed by atoms with Crippen LogP contribution in [0.25, 0.3) is 5.70 Å². The van der Waals surface area contributed by atoms with E-state index in [1.54, 1.807) is 12.1 Å². The molecular weight excluding hydrogens is 450 g/mol. The molecular formula is C14H11Br2FNY-. The molecule has 0 N–H and O–H groups in total. The van der Waals surface area contributed by atoms with Gasteiger partial charge in [-0.05, 0) is 18.7 Å². The summed E-state index contributed by atoms with van der Waals surface area (Å²) in [5, 5.41) is 0. The van der Waals surface area contributed by atoms with Crippen molar-refractivity contribution in [2.45, 2.75) is 6.92 Å². The number of benzene rings is 1. The fourth-order valence-electron chi connectivity index (χ4n) is 1.81. The largest absolute Gasteiger partial charge is 0.375 e. The molecule has 1 aliphatic rings. The number of rotatable bonds is 2. The van der Waals surface area contributed by atoms with Crippen molar-refractivity contribution < 1.29 is 37.1 Å². The zero-order valence-corrected chi connectivity index (χ0v) is 16.4. The predicted octanol–water partition coefficient (Wildman–Crippen LogP) is 4.86. The SMILES string of the molecule is C=C1C(Br)=C[C-]=C(c2ccc(Br)cc2F)N1CC.[Y]. The van der Waals surface area contributed by atoms with Crippen LogP contribution in [0.4, 0.5) is 4.39 Å². The first kappa shape index (κ1) is 17.3. The Morgan fingerprint density at radius 3 is 2.63 bits per heavy atom. The van der Waals surface area contributed by atoms with E-state index in [0.29, 0.717) is 17.8 Å². The number of likely N-dealkylation sites (N-methyl/N-ethyl adjacent to an activating group) is 1. The summed E-state index contributed by atoms with van der Waals surface area (Å²) in [6.45, 7) is 6.69. The smallest absolute Gasteiger partial charge is 0.0792 e. The maximum Gasteiger partial charge on any atom is 0.0792 e. The van der Waals surface area contributed by atoms with E-state index in [1.165, 1.54) is 6.07 Å². The quantitative estimate of drug-likeness (QED) is 0.570. The molecule has 0 unspecified atom stereocenters. The second-order valence-electron chi connectivity index (χ2n) is 3.80. The molecule has 0 amide bonds. The summed E-state index contributed by atoms with van der Waals surface area (Å²) < 4.78 is 15.6. The van der Waals surface area contributed by atoms with Gasteiger partial charge in [-0.2, -0.15) is 12.2 Å². The van der Waals surface area contributed by atoms with Crippen molar-refractivity contribution in [1.82, 2.24) is 4.90 Å². The van der Waals surface area contributed by atoms with Gasteiger partial charge in [0.25, 0.3) is 0 Å². The Morgan fingerprint density at radius 2 is 2.05 bits per heavy atom. The predicted molar refractivity (Wildman–Crippen MR) is 79.3 cm³/mol. The molecule has 1 aromatic carbocycles. The van der Waals surface area contributed by atoms with E-state index in [0.717, 1.165) is 14.7 Å². The van der Waals surface area contributed by atoms with Crippen LogP contribution in [0.5, 0.6) is 0 Å². The van der Waals surface area contributed by atoms with Crippen LogP contribution in [-0.2, 0) is 32.7 Å². The molecule has 0 atom stereocenters. The summed E-state index contributed by atoms with van der Waals surface area (Å²) in [4.78, 5) is 1.93. The first-order chi connectivity index (χ1) is 8.54. The zero-order chi connectivity index (χ0) is 13.3. The van der Waals surface area contributed by atoms with Gasteiger partial charge in [0, 0.05) is 43.7 Å². The Labute approximate surface area is 154 Å². The van der Waals surface area contributed by atoms with Crippen molar-refractivity contribution in [2.24, 2.45) is 0 Å². The Balaban J connectivity index is 0.00000180. The third kappa shape index (κ3) is 3.66. The normalized spacial score (nSPS) is 14.7. The minimum Gasteiger partial charge on any atom is -0.375 e. The topological polar surface area (TPSA) is 3.24 Å². The molecule has 1 heterocycles. The van der Waals surface area contributed by atoms with E-state index in [-0.39, 0.29) is 38.5 Å². The van der Waals surface area contributed by atoms with Gasteiger partial charge in [-0.1, -0.05) is 44.3 Å². The van der Waals surface area contributed by atoms with E-state index in [4.69, 9.17) is 0 Å². The summed E-state index contributed by atoms with van der Waals surface area (Å²) in [6, 6.07) is 5.01. The van der Waals surface area contributed by atoms with Crippen LogP contribution in [0.15, 0.2) is 45.5 Å². The molecule has 0 saturated carbocycles. The molecule has 1 aliphatic heterocycles. The summed E-state index contributed by atoms with van der Waals surface area (Å²) in [5.74, 6) is -0.274. The maximum atomic E-state index is 14.0. The maximum absolute atomic E-state index is 14.0. The minimum absolute atomic E-state index is 0. The number of allylic oxidation sites excluding steroid dienone is 3. The van der Waals surface area contributed by atoms with Gasteiger partial charge in [0.05, 0.1) is 5.82 Å². The van der Waals surface area contributed by atoms with Crippen molar-refractivity contribution in [3.8, 4) is 0 Å². The molecule has 5 heteroatoms. The van der Waals surface area contributed by atoms with E-state index >= 15 is 0 Å².